The number of aliphatic hydroxyl groups excluding tert-OH is 1. The number of ether oxygens (including phenoxy) is 1. The topological polar surface area (TPSA) is 58.6 Å². The number of hydrogen-bond acceptors (Lipinski definition) is 4. The number of carbonyl (C=O) groups is 1. The number of hydrogen-bond donors (Lipinski definition) is 2. The largest absolute Gasteiger partial charge is 0.465 e. The molecule has 96 valence electrons. The second-order valence-electron chi connectivity index (χ2n) is 5.07. The molecular weight excluding hydrogens is 206 g/mol. The molecule has 0 aromatic heterocycles. The van der Waals surface area contributed by atoms with Gasteiger partial charge < -0.3 is 15.2 Å². The fourth-order valence-electron chi connectivity index (χ4n) is 1.53. The van der Waals surface area contributed by atoms with Crippen LogP contribution in [0.1, 0.15) is 41.0 Å². The van der Waals surface area contributed by atoms with E-state index in [0.29, 0.717) is 13.0 Å². The molecule has 0 spiro atoms. The molecule has 2 unspecified atom stereocenters. The van der Waals surface area contributed by atoms with Crippen molar-refractivity contribution in [1.82, 2.24) is 5.32 Å². The van der Waals surface area contributed by atoms with E-state index in [-0.39, 0.29) is 30.1 Å². The Bertz CT molecular complexity index is 211. The molecule has 16 heavy (non-hydrogen) atoms. The Kier molecular flexibility index (Phi) is 6.60. The molecule has 0 aliphatic carbocycles. The molecule has 2 atom stereocenters. The summed E-state index contributed by atoms with van der Waals surface area (Å²) in [6.45, 7) is 10.3. The molecule has 0 amide bonds. The maximum Gasteiger partial charge on any atom is 0.322 e. The van der Waals surface area contributed by atoms with Gasteiger partial charge in [0.05, 0.1) is 6.61 Å². The summed E-state index contributed by atoms with van der Waals surface area (Å²) < 4.78 is 4.93. The van der Waals surface area contributed by atoms with Gasteiger partial charge in [0.25, 0.3) is 0 Å². The average Bonchev–Trinajstić information content (AvgIpc) is 2.15. The van der Waals surface area contributed by atoms with E-state index in [4.69, 9.17) is 9.84 Å². The molecule has 4 heteroatoms. The molecular formula is C12H25NO3. The van der Waals surface area contributed by atoms with Crippen molar-refractivity contribution in [3.8, 4) is 0 Å². The van der Waals surface area contributed by atoms with Gasteiger partial charge in [0, 0.05) is 12.6 Å². The van der Waals surface area contributed by atoms with Gasteiger partial charge >= 0.3 is 5.97 Å². The summed E-state index contributed by atoms with van der Waals surface area (Å²) in [4.78, 5) is 11.5. The average molecular weight is 231 g/mol. The van der Waals surface area contributed by atoms with E-state index >= 15 is 0 Å². The van der Waals surface area contributed by atoms with E-state index in [1.54, 1.807) is 13.8 Å². The number of aliphatic hydroxyl groups is 1. The molecule has 4 nitrogen and oxygen atoms in total. The van der Waals surface area contributed by atoms with Gasteiger partial charge in [0.2, 0.25) is 0 Å². The molecule has 0 aliphatic rings. The monoisotopic (exact) mass is 231 g/mol. The fraction of sp³-hybridized carbons (Fsp3) is 0.917. The highest BCUT2D eigenvalue weighted by Crippen LogP contribution is 2.22. The zero-order valence-corrected chi connectivity index (χ0v) is 11.0. The van der Waals surface area contributed by atoms with Gasteiger partial charge in [0.15, 0.2) is 0 Å². The Labute approximate surface area is 98.4 Å². The summed E-state index contributed by atoms with van der Waals surface area (Å²) in [5, 5.41) is 12.2. The van der Waals surface area contributed by atoms with Crippen molar-refractivity contribution in [3.05, 3.63) is 0 Å². The molecule has 0 aliphatic heterocycles. The standard InChI is InChI=1S/C12H25NO3/c1-6-16-11(15)9(2)13-10(7-8-14)12(3,4)5/h9-10,13-14H,6-8H2,1-5H3. The first-order valence-electron chi connectivity index (χ1n) is 5.86. The fourth-order valence-corrected chi connectivity index (χ4v) is 1.53. The van der Waals surface area contributed by atoms with E-state index in [0.717, 1.165) is 0 Å². The van der Waals surface area contributed by atoms with Crippen LogP contribution in [0.5, 0.6) is 0 Å². The normalized spacial score (nSPS) is 15.6. The first-order chi connectivity index (χ1) is 7.32. The Morgan fingerprint density at radius 3 is 2.38 bits per heavy atom. The molecule has 0 heterocycles. The van der Waals surface area contributed by atoms with Gasteiger partial charge in [0.1, 0.15) is 6.04 Å². The zero-order chi connectivity index (χ0) is 12.8. The smallest absolute Gasteiger partial charge is 0.322 e. The highest BCUT2D eigenvalue weighted by molar-refractivity contribution is 5.75. The lowest BCUT2D eigenvalue weighted by atomic mass is 9.84. The number of nitrogens with one attached hydrogen (secondary N) is 1. The predicted octanol–water partition coefficient (Wildman–Crippen LogP) is 1.32. The number of esters is 1. The highest BCUT2D eigenvalue weighted by Gasteiger charge is 2.27. The predicted molar refractivity (Wildman–Crippen MR) is 64.2 cm³/mol. The quantitative estimate of drug-likeness (QED) is 0.677. The first kappa shape index (κ1) is 15.4. The van der Waals surface area contributed by atoms with Gasteiger partial charge in [-0.2, -0.15) is 0 Å². The van der Waals surface area contributed by atoms with Crippen molar-refractivity contribution in [2.24, 2.45) is 5.41 Å². The van der Waals surface area contributed by atoms with Crippen molar-refractivity contribution < 1.29 is 14.6 Å². The third-order valence-electron chi connectivity index (χ3n) is 2.55. The maximum absolute atomic E-state index is 11.5. The highest BCUT2D eigenvalue weighted by atomic mass is 16.5. The van der Waals surface area contributed by atoms with Crippen molar-refractivity contribution in [2.75, 3.05) is 13.2 Å². The maximum atomic E-state index is 11.5. The third-order valence-corrected chi connectivity index (χ3v) is 2.55. The Hall–Kier alpha value is -0.610. The summed E-state index contributed by atoms with van der Waals surface area (Å²) in [6.07, 6.45) is 0.632. The molecule has 0 rings (SSSR count). The van der Waals surface area contributed by atoms with Crippen molar-refractivity contribution in [2.45, 2.75) is 53.1 Å². The van der Waals surface area contributed by atoms with Crippen LogP contribution >= 0.6 is 0 Å². The Balaban J connectivity index is 4.34. The van der Waals surface area contributed by atoms with Crippen LogP contribution in [0.2, 0.25) is 0 Å². The molecule has 0 bridgehead atoms. The second kappa shape index (κ2) is 6.86. The summed E-state index contributed by atoms with van der Waals surface area (Å²) in [7, 11) is 0. The minimum absolute atomic E-state index is 0.00346. The van der Waals surface area contributed by atoms with Gasteiger partial charge in [-0.25, -0.2) is 0 Å². The summed E-state index contributed by atoms with van der Waals surface area (Å²) in [5.74, 6) is -0.241. The van der Waals surface area contributed by atoms with Crippen LogP contribution in [0.15, 0.2) is 0 Å². The first-order valence-corrected chi connectivity index (χ1v) is 5.86. The lowest BCUT2D eigenvalue weighted by molar-refractivity contribution is -0.145. The van der Waals surface area contributed by atoms with Crippen LogP contribution in [0, 0.1) is 5.41 Å². The molecule has 0 saturated heterocycles. The summed E-state index contributed by atoms with van der Waals surface area (Å²) in [5.41, 5.74) is 0.00346. The van der Waals surface area contributed by atoms with E-state index in [1.165, 1.54) is 0 Å². The van der Waals surface area contributed by atoms with Crippen molar-refractivity contribution in [1.29, 1.82) is 0 Å². The van der Waals surface area contributed by atoms with Crippen LogP contribution in [-0.2, 0) is 9.53 Å². The summed E-state index contributed by atoms with van der Waals surface area (Å²) >= 11 is 0. The van der Waals surface area contributed by atoms with Crippen LogP contribution in [0.3, 0.4) is 0 Å². The van der Waals surface area contributed by atoms with Gasteiger partial charge in [-0.15, -0.1) is 0 Å². The second-order valence-corrected chi connectivity index (χ2v) is 5.07. The van der Waals surface area contributed by atoms with Gasteiger partial charge in [-0.3, -0.25) is 4.79 Å². The summed E-state index contributed by atoms with van der Waals surface area (Å²) in [6, 6.07) is -0.243. The van der Waals surface area contributed by atoms with E-state index in [2.05, 4.69) is 26.1 Å². The lowest BCUT2D eigenvalue weighted by Gasteiger charge is -2.33. The molecule has 0 radical (unpaired) electrons. The van der Waals surface area contributed by atoms with Gasteiger partial charge in [-0.05, 0) is 25.7 Å². The van der Waals surface area contributed by atoms with Crippen molar-refractivity contribution in [3.63, 3.8) is 0 Å². The minimum atomic E-state index is -0.337. The van der Waals surface area contributed by atoms with Crippen LogP contribution in [0.25, 0.3) is 0 Å². The van der Waals surface area contributed by atoms with Crippen LogP contribution in [-0.4, -0.2) is 36.4 Å². The van der Waals surface area contributed by atoms with Gasteiger partial charge in [-0.1, -0.05) is 20.8 Å². The number of rotatable bonds is 6. The third kappa shape index (κ3) is 5.47. The molecule has 0 saturated carbocycles. The van der Waals surface area contributed by atoms with Crippen LogP contribution in [0.4, 0.5) is 0 Å². The van der Waals surface area contributed by atoms with E-state index < -0.39 is 0 Å². The lowest BCUT2D eigenvalue weighted by Crippen LogP contribution is -2.48. The van der Waals surface area contributed by atoms with Crippen LogP contribution < -0.4 is 5.32 Å². The number of carbonyl (C=O) groups excluding carboxylic acids is 1. The Morgan fingerprint density at radius 1 is 1.44 bits per heavy atom. The minimum Gasteiger partial charge on any atom is -0.465 e. The Morgan fingerprint density at radius 2 is 2.00 bits per heavy atom. The zero-order valence-electron chi connectivity index (χ0n) is 11.0. The molecule has 0 aromatic carbocycles. The molecule has 0 fully saturated rings. The van der Waals surface area contributed by atoms with E-state index in [9.17, 15) is 4.79 Å². The molecule has 0 aromatic rings. The SMILES string of the molecule is CCOC(=O)C(C)NC(CCO)C(C)(C)C. The van der Waals surface area contributed by atoms with Crippen molar-refractivity contribution >= 4 is 5.97 Å². The molecule has 2 N–H and O–H groups in total. The van der Waals surface area contributed by atoms with E-state index in [1.807, 2.05) is 0 Å².